The van der Waals surface area contributed by atoms with Crippen molar-refractivity contribution < 1.29 is 0 Å². The fraction of sp³-hybridized carbons (Fsp3) is 0.280. The largest absolute Gasteiger partial charge is 0.340 e. The molecule has 1 nitrogen and oxygen atoms in total. The lowest BCUT2D eigenvalue weighted by molar-refractivity contribution is 0.584. The van der Waals surface area contributed by atoms with E-state index in [0.717, 1.165) is 16.6 Å². The molecule has 0 saturated heterocycles. The van der Waals surface area contributed by atoms with E-state index in [1.807, 2.05) is 12.1 Å². The number of fused-ring (bicyclic) bond motifs is 3. The third-order valence-corrected chi connectivity index (χ3v) is 5.82. The number of aryl methyl sites for hydroxylation is 1. The number of hydrogen-bond acceptors (Lipinski definition) is 0. The summed E-state index contributed by atoms with van der Waals surface area (Å²) in [5.41, 5.74) is 5.10. The van der Waals surface area contributed by atoms with Crippen molar-refractivity contribution in [2.75, 3.05) is 0 Å². The molecule has 137 valence electrons. The molecule has 2 heteroatoms. The lowest BCUT2D eigenvalue weighted by atomic mass is 10.0. The summed E-state index contributed by atoms with van der Waals surface area (Å²) >= 11 is 3.66. The number of para-hydroxylation sites is 1. The minimum Gasteiger partial charge on any atom is -0.340 e. The van der Waals surface area contributed by atoms with Crippen LogP contribution in [-0.4, -0.2) is 4.57 Å². The molecule has 0 aliphatic rings. The topological polar surface area (TPSA) is 4.93 Å². The molecular weight excluding hydrogens is 394 g/mol. The van der Waals surface area contributed by atoms with E-state index < -0.39 is 0 Å². The zero-order valence-electron chi connectivity index (χ0n) is 15.8. The van der Waals surface area contributed by atoms with Crippen LogP contribution < -0.4 is 0 Å². The highest BCUT2D eigenvalue weighted by atomic mass is 79.9. The van der Waals surface area contributed by atoms with Crippen molar-refractivity contribution in [3.05, 3.63) is 71.2 Å². The molecule has 0 atom stereocenters. The van der Waals surface area contributed by atoms with Gasteiger partial charge in [-0.15, -0.1) is 0 Å². The third-order valence-electron chi connectivity index (χ3n) is 5.33. The van der Waals surface area contributed by atoms with Crippen LogP contribution >= 0.6 is 15.9 Å². The maximum atomic E-state index is 3.66. The van der Waals surface area contributed by atoms with Gasteiger partial charge in [-0.05, 0) is 36.2 Å². The molecule has 0 aliphatic heterocycles. The Morgan fingerprint density at radius 2 is 1.78 bits per heavy atom. The average Bonchev–Trinajstić information content (AvgIpc) is 3.02. The summed E-state index contributed by atoms with van der Waals surface area (Å²) in [4.78, 5) is 0. The van der Waals surface area contributed by atoms with Gasteiger partial charge in [-0.3, -0.25) is 0 Å². The number of benzene rings is 3. The van der Waals surface area contributed by atoms with Gasteiger partial charge in [-0.2, -0.15) is 0 Å². The van der Waals surface area contributed by atoms with E-state index in [4.69, 9.17) is 0 Å². The Labute approximate surface area is 170 Å². The van der Waals surface area contributed by atoms with Crippen molar-refractivity contribution in [3.63, 3.8) is 0 Å². The van der Waals surface area contributed by atoms with E-state index in [2.05, 4.69) is 82.0 Å². The highest BCUT2D eigenvalue weighted by Gasteiger charge is 2.15. The van der Waals surface area contributed by atoms with Crippen molar-refractivity contribution >= 4 is 37.7 Å². The molecule has 1 aromatic heterocycles. The normalized spacial score (nSPS) is 11.5. The first-order valence-corrected chi connectivity index (χ1v) is 10.8. The van der Waals surface area contributed by atoms with Crippen LogP contribution in [0.1, 0.15) is 39.0 Å². The monoisotopic (exact) mass is 418 g/mol. The predicted octanol–water partition coefficient (Wildman–Crippen LogP) is 7.99. The van der Waals surface area contributed by atoms with Gasteiger partial charge in [0.05, 0.1) is 5.52 Å². The molecule has 0 amide bonds. The van der Waals surface area contributed by atoms with Gasteiger partial charge in [-0.1, -0.05) is 91.0 Å². The Morgan fingerprint density at radius 1 is 0.889 bits per heavy atom. The molecule has 0 saturated carbocycles. The molecule has 0 spiro atoms. The standard InChI is InChI=1S/C25H25BrN/c1-2-3-4-5-9-17-27-24-16-15-20(26)18-23(24)22-14-10-13-21(25(22)27)19-11-7-6-8-12-19/h6-8,10-11,13-16,18H,2-5,9,17H2,1H3. The summed E-state index contributed by atoms with van der Waals surface area (Å²) in [5.74, 6) is 0. The van der Waals surface area contributed by atoms with Gasteiger partial charge < -0.3 is 4.57 Å². The van der Waals surface area contributed by atoms with E-state index in [1.54, 1.807) is 0 Å². The summed E-state index contributed by atoms with van der Waals surface area (Å²) < 4.78 is 3.66. The van der Waals surface area contributed by atoms with Crippen molar-refractivity contribution in [1.29, 1.82) is 0 Å². The summed E-state index contributed by atoms with van der Waals surface area (Å²) in [5, 5.41) is 2.65. The van der Waals surface area contributed by atoms with E-state index >= 15 is 0 Å². The van der Waals surface area contributed by atoms with Crippen LogP contribution in [0.5, 0.6) is 0 Å². The number of halogens is 1. The maximum Gasteiger partial charge on any atom is 0.0571 e. The molecule has 0 aliphatic carbocycles. The van der Waals surface area contributed by atoms with Crippen LogP contribution in [0.15, 0.2) is 65.1 Å². The van der Waals surface area contributed by atoms with E-state index in [1.165, 1.54) is 59.5 Å². The van der Waals surface area contributed by atoms with Gasteiger partial charge in [0, 0.05) is 32.9 Å². The van der Waals surface area contributed by atoms with Gasteiger partial charge in [0.2, 0.25) is 0 Å². The van der Waals surface area contributed by atoms with Crippen LogP contribution in [0.25, 0.3) is 32.9 Å². The van der Waals surface area contributed by atoms with Gasteiger partial charge in [-0.25, -0.2) is 0 Å². The number of hydrogen-bond donors (Lipinski definition) is 0. The molecule has 0 bridgehead atoms. The molecule has 0 unspecified atom stereocenters. The second kappa shape index (κ2) is 8.31. The Morgan fingerprint density at radius 3 is 2.59 bits per heavy atom. The number of nitrogens with zero attached hydrogens (tertiary/aromatic N) is 1. The third kappa shape index (κ3) is 3.68. The molecule has 27 heavy (non-hydrogen) atoms. The Bertz CT molecular complexity index is 1050. The zero-order chi connectivity index (χ0) is 18.6. The number of aromatic nitrogens is 1. The van der Waals surface area contributed by atoms with Crippen LogP contribution in [-0.2, 0) is 6.54 Å². The first-order valence-electron chi connectivity index (χ1n) is 9.97. The first-order chi connectivity index (χ1) is 13.3. The van der Waals surface area contributed by atoms with E-state index in [0.29, 0.717) is 0 Å². The Balaban J connectivity index is 1.86. The minimum atomic E-state index is 1.06. The lowest BCUT2D eigenvalue weighted by Gasteiger charge is -2.11. The summed E-state index contributed by atoms with van der Waals surface area (Å²) in [6, 6.07) is 25.0. The predicted molar refractivity (Wildman–Crippen MR) is 120 cm³/mol. The number of rotatable bonds is 7. The fourth-order valence-electron chi connectivity index (χ4n) is 4.02. The smallest absolute Gasteiger partial charge is 0.0571 e. The van der Waals surface area contributed by atoms with Crippen molar-refractivity contribution in [3.8, 4) is 11.1 Å². The zero-order valence-corrected chi connectivity index (χ0v) is 17.4. The highest BCUT2D eigenvalue weighted by molar-refractivity contribution is 9.10. The van der Waals surface area contributed by atoms with Gasteiger partial charge in [0.25, 0.3) is 0 Å². The molecule has 3 aromatic carbocycles. The Hall–Kier alpha value is -2.06. The van der Waals surface area contributed by atoms with Gasteiger partial charge in [0.1, 0.15) is 0 Å². The molecule has 1 heterocycles. The molecule has 0 N–H and O–H groups in total. The fourth-order valence-corrected chi connectivity index (χ4v) is 4.38. The van der Waals surface area contributed by atoms with E-state index in [9.17, 15) is 0 Å². The number of unbranched alkanes of at least 4 members (excludes halogenated alkanes) is 4. The second-order valence-corrected chi connectivity index (χ2v) is 8.12. The molecule has 4 aromatic rings. The summed E-state index contributed by atoms with van der Waals surface area (Å²) in [6.45, 7) is 3.34. The van der Waals surface area contributed by atoms with Crippen LogP contribution in [0.4, 0.5) is 0 Å². The lowest BCUT2D eigenvalue weighted by Crippen LogP contribution is -1.99. The van der Waals surface area contributed by atoms with Crippen LogP contribution in [0.2, 0.25) is 0 Å². The van der Waals surface area contributed by atoms with Crippen molar-refractivity contribution in [1.82, 2.24) is 4.57 Å². The van der Waals surface area contributed by atoms with Crippen LogP contribution in [0.3, 0.4) is 0 Å². The quantitative estimate of drug-likeness (QED) is 0.268. The Kier molecular flexibility index (Phi) is 5.63. The molecule has 4 rings (SSSR count). The second-order valence-electron chi connectivity index (χ2n) is 7.21. The summed E-state index contributed by atoms with van der Waals surface area (Å²) in [7, 11) is 0. The first kappa shape index (κ1) is 18.3. The van der Waals surface area contributed by atoms with Crippen molar-refractivity contribution in [2.24, 2.45) is 0 Å². The van der Waals surface area contributed by atoms with Crippen molar-refractivity contribution in [2.45, 2.75) is 45.6 Å². The summed E-state index contributed by atoms with van der Waals surface area (Å²) in [6.07, 6.45) is 6.48. The SMILES string of the molecule is CCCCCCCn1c2ccc(Br)cc2c2cccc(-c3[c]cccc3)c21. The highest BCUT2D eigenvalue weighted by Crippen LogP contribution is 2.37. The maximum absolute atomic E-state index is 3.66. The minimum absolute atomic E-state index is 1.06. The molecule has 1 radical (unpaired) electrons. The van der Waals surface area contributed by atoms with Gasteiger partial charge in [0.15, 0.2) is 0 Å². The van der Waals surface area contributed by atoms with Crippen LogP contribution in [0, 0.1) is 6.07 Å². The average molecular weight is 419 g/mol. The molecular formula is C25H25BrN. The molecule has 0 fully saturated rings. The van der Waals surface area contributed by atoms with E-state index in [-0.39, 0.29) is 0 Å². The van der Waals surface area contributed by atoms with Gasteiger partial charge >= 0.3 is 0 Å².